The molecule has 4 nitrogen and oxygen atoms in total. The molecule has 5 heteroatoms. The van der Waals surface area contributed by atoms with Gasteiger partial charge in [-0.2, -0.15) is 0 Å². The lowest BCUT2D eigenvalue weighted by atomic mass is 9.47. The summed E-state index contributed by atoms with van der Waals surface area (Å²) in [7, 11) is 0. The third-order valence-electron chi connectivity index (χ3n) is 8.60. The predicted molar refractivity (Wildman–Crippen MR) is 110 cm³/mol. The molecule has 0 saturated heterocycles. The summed E-state index contributed by atoms with van der Waals surface area (Å²) in [4.78, 5) is 36.8. The molecule has 28 heavy (non-hydrogen) atoms. The zero-order valence-electron chi connectivity index (χ0n) is 17.0. The van der Waals surface area contributed by atoms with Crippen LogP contribution in [-0.4, -0.2) is 22.5 Å². The molecular weight excluding hydrogens is 372 g/mol. The smallest absolute Gasteiger partial charge is 0.306 e. The van der Waals surface area contributed by atoms with Crippen LogP contribution < -0.4 is 0 Å². The SMILES string of the molecule is CCC(=O)OC1(C(=O)S)CC[C@H]2[C@@H]3CCC4=CC(=O)C=C[C@]4(C)[C@H]3CC[C@@]21C. The molecule has 0 aliphatic heterocycles. The second-order valence-electron chi connectivity index (χ2n) is 9.56. The van der Waals surface area contributed by atoms with E-state index in [4.69, 9.17) is 4.74 Å². The van der Waals surface area contributed by atoms with Gasteiger partial charge in [0.2, 0.25) is 5.12 Å². The van der Waals surface area contributed by atoms with E-state index in [0.717, 1.165) is 32.1 Å². The largest absolute Gasteiger partial charge is 0.449 e. The van der Waals surface area contributed by atoms with E-state index in [-0.39, 0.29) is 34.1 Å². The fourth-order valence-electron chi connectivity index (χ4n) is 7.03. The maximum Gasteiger partial charge on any atom is 0.306 e. The highest BCUT2D eigenvalue weighted by molar-refractivity contribution is 7.96. The van der Waals surface area contributed by atoms with Crippen LogP contribution in [0, 0.1) is 28.6 Å². The molecule has 1 unspecified atom stereocenters. The van der Waals surface area contributed by atoms with Crippen molar-refractivity contribution in [3.8, 4) is 0 Å². The van der Waals surface area contributed by atoms with Crippen LogP contribution >= 0.6 is 12.6 Å². The fraction of sp³-hybridized carbons (Fsp3) is 0.696. The first-order chi connectivity index (χ1) is 13.2. The van der Waals surface area contributed by atoms with Crippen molar-refractivity contribution in [1.82, 2.24) is 0 Å². The van der Waals surface area contributed by atoms with Crippen molar-refractivity contribution in [3.63, 3.8) is 0 Å². The van der Waals surface area contributed by atoms with Crippen LogP contribution in [0.2, 0.25) is 0 Å². The zero-order chi connectivity index (χ0) is 20.3. The predicted octanol–water partition coefficient (Wildman–Crippen LogP) is 4.44. The Morgan fingerprint density at radius 1 is 1.18 bits per heavy atom. The molecule has 0 amide bonds. The van der Waals surface area contributed by atoms with E-state index in [0.29, 0.717) is 24.2 Å². The molecule has 0 N–H and O–H groups in total. The molecule has 0 aromatic rings. The molecule has 0 spiro atoms. The normalized spacial score (nSPS) is 44.2. The van der Waals surface area contributed by atoms with Gasteiger partial charge in [-0.1, -0.05) is 32.4 Å². The first-order valence-corrected chi connectivity index (χ1v) is 11.0. The van der Waals surface area contributed by atoms with E-state index >= 15 is 0 Å². The third kappa shape index (κ3) is 2.54. The first-order valence-electron chi connectivity index (χ1n) is 10.6. The van der Waals surface area contributed by atoms with Crippen LogP contribution in [0.25, 0.3) is 0 Å². The van der Waals surface area contributed by atoms with Gasteiger partial charge < -0.3 is 4.74 Å². The molecule has 0 aromatic heterocycles. The molecule has 152 valence electrons. The number of fused-ring (bicyclic) bond motifs is 5. The summed E-state index contributed by atoms with van der Waals surface area (Å²) in [5.74, 6) is 1.03. The summed E-state index contributed by atoms with van der Waals surface area (Å²) in [6, 6.07) is 0. The Hall–Kier alpha value is -1.36. The molecule has 6 atom stereocenters. The van der Waals surface area contributed by atoms with Crippen molar-refractivity contribution in [2.75, 3.05) is 0 Å². The number of thiol groups is 1. The van der Waals surface area contributed by atoms with Gasteiger partial charge in [0.1, 0.15) is 0 Å². The third-order valence-corrected chi connectivity index (χ3v) is 8.96. The highest BCUT2D eigenvalue weighted by Crippen LogP contribution is 2.68. The number of ketones is 1. The standard InChI is InChI=1S/C23H30O4S/c1-4-19(25)27-23(20(26)28)12-9-18-16-6-5-14-13-15(24)7-10-21(14,2)17(16)8-11-22(18,23)3/h7,10,13,16-18H,4-6,8-9,11-12H2,1-3H3,(H,26,28)/t16-,17+,18+,21+,22+,23?/m1/s1. The van der Waals surface area contributed by atoms with E-state index in [1.807, 2.05) is 6.08 Å². The van der Waals surface area contributed by atoms with Gasteiger partial charge in [0.15, 0.2) is 11.4 Å². The van der Waals surface area contributed by atoms with Crippen molar-refractivity contribution in [2.45, 2.75) is 71.3 Å². The quantitative estimate of drug-likeness (QED) is 0.560. The summed E-state index contributed by atoms with van der Waals surface area (Å²) in [6.07, 6.45) is 11.2. The summed E-state index contributed by atoms with van der Waals surface area (Å²) < 4.78 is 5.87. The minimum absolute atomic E-state index is 0.0749. The number of hydrogen-bond acceptors (Lipinski definition) is 4. The number of allylic oxidation sites excluding steroid dienone is 4. The average molecular weight is 403 g/mol. The molecule has 0 bridgehead atoms. The van der Waals surface area contributed by atoms with E-state index < -0.39 is 5.60 Å². The molecular formula is C23H30O4S. The van der Waals surface area contributed by atoms with Crippen LogP contribution in [-0.2, 0) is 19.1 Å². The van der Waals surface area contributed by atoms with Gasteiger partial charge in [-0.3, -0.25) is 14.4 Å². The first kappa shape index (κ1) is 19.9. The average Bonchev–Trinajstić information content (AvgIpc) is 2.95. The van der Waals surface area contributed by atoms with Crippen LogP contribution in [0.3, 0.4) is 0 Å². The highest BCUT2D eigenvalue weighted by Gasteiger charge is 2.68. The Bertz CT molecular complexity index is 798. The molecule has 4 aliphatic carbocycles. The maximum absolute atomic E-state index is 12.7. The minimum Gasteiger partial charge on any atom is -0.449 e. The number of carbonyl (C=O) groups excluding carboxylic acids is 3. The Balaban J connectivity index is 1.70. The summed E-state index contributed by atoms with van der Waals surface area (Å²) in [5, 5.41) is -0.302. The lowest BCUT2D eigenvalue weighted by molar-refractivity contribution is -0.184. The summed E-state index contributed by atoms with van der Waals surface area (Å²) >= 11 is 4.21. The van der Waals surface area contributed by atoms with E-state index in [1.165, 1.54) is 5.57 Å². The number of ether oxygens (including phenoxy) is 1. The second kappa shape index (κ2) is 6.58. The van der Waals surface area contributed by atoms with Crippen LogP contribution in [0.15, 0.2) is 23.8 Å². The zero-order valence-corrected chi connectivity index (χ0v) is 17.9. The molecule has 4 rings (SSSR count). The Kier molecular flexibility index (Phi) is 4.68. The van der Waals surface area contributed by atoms with Gasteiger partial charge in [-0.15, -0.1) is 12.6 Å². The molecule has 3 fully saturated rings. The molecule has 0 heterocycles. The van der Waals surface area contributed by atoms with Gasteiger partial charge in [0, 0.05) is 17.3 Å². The van der Waals surface area contributed by atoms with Crippen molar-refractivity contribution in [2.24, 2.45) is 28.6 Å². The Labute approximate surface area is 172 Å². The van der Waals surface area contributed by atoms with E-state index in [2.05, 4.69) is 32.6 Å². The molecule has 4 aliphatic rings. The van der Waals surface area contributed by atoms with Crippen molar-refractivity contribution < 1.29 is 19.1 Å². The Morgan fingerprint density at radius 2 is 1.89 bits per heavy atom. The van der Waals surface area contributed by atoms with Crippen LogP contribution in [0.5, 0.6) is 0 Å². The molecule has 0 aromatic carbocycles. The minimum atomic E-state index is -1.10. The maximum atomic E-state index is 12.7. The van der Waals surface area contributed by atoms with Crippen LogP contribution in [0.1, 0.15) is 65.7 Å². The lowest BCUT2D eigenvalue weighted by Gasteiger charge is -2.58. The monoisotopic (exact) mass is 402 g/mol. The molecule has 0 radical (unpaired) electrons. The van der Waals surface area contributed by atoms with Crippen LogP contribution in [0.4, 0.5) is 0 Å². The van der Waals surface area contributed by atoms with E-state index in [9.17, 15) is 14.4 Å². The molecule has 3 saturated carbocycles. The van der Waals surface area contributed by atoms with Crippen molar-refractivity contribution >= 4 is 29.5 Å². The number of hydrogen-bond donors (Lipinski definition) is 1. The highest BCUT2D eigenvalue weighted by atomic mass is 32.1. The lowest BCUT2D eigenvalue weighted by Crippen LogP contribution is -2.58. The van der Waals surface area contributed by atoms with Gasteiger partial charge >= 0.3 is 5.97 Å². The van der Waals surface area contributed by atoms with Gasteiger partial charge in [0.25, 0.3) is 0 Å². The topological polar surface area (TPSA) is 60.4 Å². The number of rotatable bonds is 3. The summed E-state index contributed by atoms with van der Waals surface area (Å²) in [6.45, 7) is 6.17. The Morgan fingerprint density at radius 3 is 2.57 bits per heavy atom. The second-order valence-corrected chi connectivity index (χ2v) is 9.96. The van der Waals surface area contributed by atoms with Crippen molar-refractivity contribution in [3.05, 3.63) is 23.8 Å². The van der Waals surface area contributed by atoms with Gasteiger partial charge in [0.05, 0.1) is 0 Å². The number of esters is 1. The van der Waals surface area contributed by atoms with Crippen molar-refractivity contribution in [1.29, 1.82) is 0 Å². The summed E-state index contributed by atoms with van der Waals surface area (Å²) in [5.41, 5.74) is -0.288. The van der Waals surface area contributed by atoms with E-state index in [1.54, 1.807) is 13.0 Å². The fourth-order valence-corrected chi connectivity index (χ4v) is 7.44. The number of carbonyl (C=O) groups is 3. The van der Waals surface area contributed by atoms with Gasteiger partial charge in [-0.05, 0) is 68.4 Å². The van der Waals surface area contributed by atoms with Gasteiger partial charge in [-0.25, -0.2) is 0 Å².